The van der Waals surface area contributed by atoms with Gasteiger partial charge in [-0.2, -0.15) is 0 Å². The molecule has 0 amide bonds. The van der Waals surface area contributed by atoms with Gasteiger partial charge in [-0.05, 0) is 24.3 Å². The summed E-state index contributed by atoms with van der Waals surface area (Å²) in [7, 11) is 3.29. The molecule has 5 heteroatoms. The van der Waals surface area contributed by atoms with E-state index in [9.17, 15) is 0 Å². The molecule has 0 atom stereocenters. The molecule has 0 saturated carbocycles. The standard InChI is InChI=1S/C18H20N2O3/c1-21-15-6-4-3-5-14(15)12-23-16-8-7-13(11-17(16)22-2)18-19-9-10-20-18/h3-8,11H,9-10,12H2,1-2H3,(H,19,20). The zero-order valence-electron chi connectivity index (χ0n) is 13.3. The maximum Gasteiger partial charge on any atom is 0.161 e. The van der Waals surface area contributed by atoms with Crippen LogP contribution in [0.4, 0.5) is 0 Å². The number of benzene rings is 2. The Kier molecular flexibility index (Phi) is 4.66. The number of para-hydroxylation sites is 1. The van der Waals surface area contributed by atoms with Crippen molar-refractivity contribution in [3.8, 4) is 17.2 Å². The molecule has 2 aromatic carbocycles. The second-order valence-electron chi connectivity index (χ2n) is 5.12. The van der Waals surface area contributed by atoms with E-state index in [4.69, 9.17) is 14.2 Å². The average molecular weight is 312 g/mol. The molecule has 0 saturated heterocycles. The minimum Gasteiger partial charge on any atom is -0.496 e. The van der Waals surface area contributed by atoms with Crippen molar-refractivity contribution in [2.24, 2.45) is 4.99 Å². The number of ether oxygens (including phenoxy) is 3. The molecule has 5 nitrogen and oxygen atoms in total. The van der Waals surface area contributed by atoms with E-state index in [2.05, 4.69) is 10.3 Å². The summed E-state index contributed by atoms with van der Waals surface area (Å²) in [6, 6.07) is 13.6. The molecule has 3 rings (SSSR count). The number of hydrogen-bond acceptors (Lipinski definition) is 5. The summed E-state index contributed by atoms with van der Waals surface area (Å²) in [5.41, 5.74) is 1.99. The maximum absolute atomic E-state index is 5.91. The molecule has 1 aliphatic heterocycles. The molecule has 0 aliphatic carbocycles. The zero-order valence-corrected chi connectivity index (χ0v) is 13.3. The molecule has 1 N–H and O–H groups in total. The van der Waals surface area contributed by atoms with Gasteiger partial charge in [-0.3, -0.25) is 4.99 Å². The topological polar surface area (TPSA) is 52.1 Å². The van der Waals surface area contributed by atoms with E-state index in [-0.39, 0.29) is 0 Å². The van der Waals surface area contributed by atoms with Crippen LogP contribution < -0.4 is 19.5 Å². The van der Waals surface area contributed by atoms with E-state index < -0.39 is 0 Å². The van der Waals surface area contributed by atoms with Crippen LogP contribution in [-0.4, -0.2) is 33.1 Å². The monoisotopic (exact) mass is 312 g/mol. The van der Waals surface area contributed by atoms with Crippen LogP contribution in [0.5, 0.6) is 17.2 Å². The Hall–Kier alpha value is -2.69. The number of aliphatic imine (C=N–C) groups is 1. The molecule has 0 fully saturated rings. The first-order chi connectivity index (χ1) is 11.3. The van der Waals surface area contributed by atoms with Gasteiger partial charge in [0.1, 0.15) is 18.2 Å². The van der Waals surface area contributed by atoms with E-state index in [0.717, 1.165) is 35.8 Å². The molecular weight excluding hydrogens is 292 g/mol. The van der Waals surface area contributed by atoms with E-state index in [1.54, 1.807) is 14.2 Å². The number of hydrogen-bond donors (Lipinski definition) is 1. The Labute approximate surface area is 135 Å². The first kappa shape index (κ1) is 15.2. The zero-order chi connectivity index (χ0) is 16.1. The molecule has 1 heterocycles. The third-order valence-electron chi connectivity index (χ3n) is 3.69. The van der Waals surface area contributed by atoms with Crippen LogP contribution in [0.25, 0.3) is 0 Å². The summed E-state index contributed by atoms with van der Waals surface area (Å²) in [5.74, 6) is 3.10. The summed E-state index contributed by atoms with van der Waals surface area (Å²) in [6.45, 7) is 2.10. The second kappa shape index (κ2) is 7.05. The maximum atomic E-state index is 5.91. The van der Waals surface area contributed by atoms with Crippen LogP contribution in [0.1, 0.15) is 11.1 Å². The Morgan fingerprint density at radius 2 is 1.83 bits per heavy atom. The van der Waals surface area contributed by atoms with Crippen molar-refractivity contribution in [3.05, 3.63) is 53.6 Å². The van der Waals surface area contributed by atoms with Gasteiger partial charge >= 0.3 is 0 Å². The highest BCUT2D eigenvalue weighted by Crippen LogP contribution is 2.30. The lowest BCUT2D eigenvalue weighted by atomic mass is 10.1. The quantitative estimate of drug-likeness (QED) is 0.891. The van der Waals surface area contributed by atoms with Crippen LogP contribution >= 0.6 is 0 Å². The minimum atomic E-state index is 0.416. The lowest BCUT2D eigenvalue weighted by Crippen LogP contribution is -2.19. The normalized spacial score (nSPS) is 13.2. The van der Waals surface area contributed by atoms with Crippen LogP contribution in [0, 0.1) is 0 Å². The minimum absolute atomic E-state index is 0.416. The number of amidine groups is 1. The molecule has 0 bridgehead atoms. The summed E-state index contributed by atoms with van der Waals surface area (Å²) in [4.78, 5) is 4.42. The van der Waals surface area contributed by atoms with Gasteiger partial charge in [0.2, 0.25) is 0 Å². The molecule has 0 aromatic heterocycles. The highest BCUT2D eigenvalue weighted by Gasteiger charge is 2.13. The third-order valence-corrected chi connectivity index (χ3v) is 3.69. The van der Waals surface area contributed by atoms with Crippen molar-refractivity contribution in [3.63, 3.8) is 0 Å². The fraction of sp³-hybridized carbons (Fsp3) is 0.278. The highest BCUT2D eigenvalue weighted by atomic mass is 16.5. The lowest BCUT2D eigenvalue weighted by Gasteiger charge is -2.14. The van der Waals surface area contributed by atoms with Crippen molar-refractivity contribution in [1.29, 1.82) is 0 Å². The van der Waals surface area contributed by atoms with Crippen LogP contribution in [0.15, 0.2) is 47.5 Å². The lowest BCUT2D eigenvalue weighted by molar-refractivity contribution is 0.278. The first-order valence-electron chi connectivity index (χ1n) is 7.53. The summed E-state index contributed by atoms with van der Waals surface area (Å²) < 4.78 is 16.7. The molecule has 2 aromatic rings. The fourth-order valence-corrected chi connectivity index (χ4v) is 2.50. The summed E-state index contributed by atoms with van der Waals surface area (Å²) >= 11 is 0. The summed E-state index contributed by atoms with van der Waals surface area (Å²) in [5, 5.41) is 3.25. The van der Waals surface area contributed by atoms with Crippen LogP contribution in [0.3, 0.4) is 0 Å². The third kappa shape index (κ3) is 3.39. The van der Waals surface area contributed by atoms with Crippen LogP contribution in [0.2, 0.25) is 0 Å². The van der Waals surface area contributed by atoms with Gasteiger partial charge in [0, 0.05) is 17.7 Å². The van der Waals surface area contributed by atoms with Gasteiger partial charge < -0.3 is 19.5 Å². The second-order valence-corrected chi connectivity index (χ2v) is 5.12. The first-order valence-corrected chi connectivity index (χ1v) is 7.53. The Morgan fingerprint density at radius 1 is 1.00 bits per heavy atom. The number of rotatable bonds is 6. The largest absolute Gasteiger partial charge is 0.496 e. The fourth-order valence-electron chi connectivity index (χ4n) is 2.50. The molecule has 23 heavy (non-hydrogen) atoms. The van der Waals surface area contributed by atoms with Gasteiger partial charge in [0.25, 0.3) is 0 Å². The molecule has 120 valence electrons. The van der Waals surface area contributed by atoms with Crippen molar-refractivity contribution < 1.29 is 14.2 Å². The predicted octanol–water partition coefficient (Wildman–Crippen LogP) is 2.63. The van der Waals surface area contributed by atoms with Crippen molar-refractivity contribution in [2.75, 3.05) is 27.3 Å². The Balaban J connectivity index is 1.77. The van der Waals surface area contributed by atoms with Crippen LogP contribution in [-0.2, 0) is 6.61 Å². The van der Waals surface area contributed by atoms with E-state index >= 15 is 0 Å². The van der Waals surface area contributed by atoms with Gasteiger partial charge in [-0.15, -0.1) is 0 Å². The SMILES string of the molecule is COc1ccccc1COc1ccc(C2=NCCN2)cc1OC. The molecule has 0 radical (unpaired) electrons. The van der Waals surface area contributed by atoms with Gasteiger partial charge in [-0.25, -0.2) is 0 Å². The van der Waals surface area contributed by atoms with Crippen molar-refractivity contribution in [1.82, 2.24) is 5.32 Å². The number of nitrogens with zero attached hydrogens (tertiary/aromatic N) is 1. The summed E-state index contributed by atoms with van der Waals surface area (Å²) in [6.07, 6.45) is 0. The average Bonchev–Trinajstić information content (AvgIpc) is 3.14. The smallest absolute Gasteiger partial charge is 0.161 e. The van der Waals surface area contributed by atoms with Gasteiger partial charge in [-0.1, -0.05) is 18.2 Å². The van der Waals surface area contributed by atoms with Gasteiger partial charge in [0.05, 0.1) is 20.8 Å². The molecule has 1 aliphatic rings. The van der Waals surface area contributed by atoms with Gasteiger partial charge in [0.15, 0.2) is 11.5 Å². The van der Waals surface area contributed by atoms with E-state index in [1.807, 2.05) is 42.5 Å². The van der Waals surface area contributed by atoms with E-state index in [1.165, 1.54) is 0 Å². The Morgan fingerprint density at radius 3 is 2.57 bits per heavy atom. The van der Waals surface area contributed by atoms with Crippen molar-refractivity contribution in [2.45, 2.75) is 6.61 Å². The number of methoxy groups -OCH3 is 2. The molecule has 0 spiro atoms. The molecule has 0 unspecified atom stereocenters. The van der Waals surface area contributed by atoms with E-state index in [0.29, 0.717) is 18.1 Å². The molecular formula is C18H20N2O3. The highest BCUT2D eigenvalue weighted by molar-refractivity contribution is 6.00. The Bertz CT molecular complexity index is 713. The predicted molar refractivity (Wildman–Crippen MR) is 89.7 cm³/mol. The van der Waals surface area contributed by atoms with Crippen molar-refractivity contribution >= 4 is 5.84 Å². The number of nitrogens with one attached hydrogen (secondary N) is 1.